The number of carbonyl (C=O) groups excluding carboxylic acids is 2. The number of hydrogen-bond acceptors (Lipinski definition) is 4. The fourth-order valence-corrected chi connectivity index (χ4v) is 2.92. The molecule has 0 unspecified atom stereocenters. The summed E-state index contributed by atoms with van der Waals surface area (Å²) < 4.78 is 0. The van der Waals surface area contributed by atoms with Crippen molar-refractivity contribution in [2.75, 3.05) is 39.3 Å². The largest absolute Gasteiger partial charge is 0.335 e. The maximum Gasteiger partial charge on any atom is 0.321 e. The molecule has 2 fully saturated rings. The van der Waals surface area contributed by atoms with Crippen molar-refractivity contribution in [2.24, 2.45) is 0 Å². The van der Waals surface area contributed by atoms with Gasteiger partial charge in [-0.05, 0) is 24.8 Å². The second-order valence-electron chi connectivity index (χ2n) is 6.65. The molecule has 1 saturated heterocycles. The van der Waals surface area contributed by atoms with E-state index in [9.17, 15) is 9.59 Å². The van der Waals surface area contributed by atoms with Crippen LogP contribution in [0.4, 0.5) is 4.79 Å². The molecule has 2 aliphatic rings. The quantitative estimate of drug-likeness (QED) is 0.811. The molecule has 1 aromatic carbocycles. The number of nitrogens with zero attached hydrogens (tertiary/aromatic N) is 2. The fourth-order valence-electron chi connectivity index (χ4n) is 2.92. The van der Waals surface area contributed by atoms with Gasteiger partial charge in [0.05, 0.1) is 6.54 Å². The van der Waals surface area contributed by atoms with Crippen molar-refractivity contribution < 1.29 is 9.59 Å². The van der Waals surface area contributed by atoms with Crippen molar-refractivity contribution in [1.82, 2.24) is 20.4 Å². The number of benzene rings is 1. The SMILES string of the molecule is O=C(CN1CCN(CCc2ccccc2)CC1)NC(=O)NC1CC1. The minimum Gasteiger partial charge on any atom is -0.335 e. The van der Waals surface area contributed by atoms with Crippen LogP contribution in [-0.2, 0) is 11.2 Å². The van der Waals surface area contributed by atoms with Crippen LogP contribution < -0.4 is 10.6 Å². The van der Waals surface area contributed by atoms with Crippen LogP contribution in [0.1, 0.15) is 18.4 Å². The van der Waals surface area contributed by atoms with E-state index >= 15 is 0 Å². The molecule has 0 atom stereocenters. The van der Waals surface area contributed by atoms with Crippen molar-refractivity contribution in [3.8, 4) is 0 Å². The maximum atomic E-state index is 11.9. The highest BCUT2D eigenvalue weighted by atomic mass is 16.2. The first kappa shape index (κ1) is 16.9. The van der Waals surface area contributed by atoms with E-state index in [0.717, 1.165) is 52.0 Å². The standard InChI is InChI=1S/C18H26N4O2/c23-17(20-18(24)19-16-6-7-16)14-22-12-10-21(11-13-22)9-8-15-4-2-1-3-5-15/h1-5,16H,6-14H2,(H2,19,20,23,24). The second-order valence-corrected chi connectivity index (χ2v) is 6.65. The van der Waals surface area contributed by atoms with E-state index in [4.69, 9.17) is 0 Å². The highest BCUT2D eigenvalue weighted by Gasteiger charge is 2.24. The Kier molecular flexibility index (Phi) is 5.82. The molecule has 3 amide bonds. The molecule has 0 bridgehead atoms. The Hall–Kier alpha value is -1.92. The molecule has 1 aliphatic heterocycles. The van der Waals surface area contributed by atoms with Crippen molar-refractivity contribution >= 4 is 11.9 Å². The zero-order chi connectivity index (χ0) is 16.8. The average molecular weight is 330 g/mol. The lowest BCUT2D eigenvalue weighted by Gasteiger charge is -2.34. The second kappa shape index (κ2) is 8.26. The van der Waals surface area contributed by atoms with Crippen LogP contribution in [0.25, 0.3) is 0 Å². The van der Waals surface area contributed by atoms with Gasteiger partial charge < -0.3 is 10.2 Å². The van der Waals surface area contributed by atoms with Gasteiger partial charge >= 0.3 is 6.03 Å². The van der Waals surface area contributed by atoms with E-state index in [0.29, 0.717) is 6.54 Å². The fraction of sp³-hybridized carbons (Fsp3) is 0.556. The molecule has 130 valence electrons. The van der Waals surface area contributed by atoms with Crippen molar-refractivity contribution in [1.29, 1.82) is 0 Å². The van der Waals surface area contributed by atoms with Gasteiger partial charge in [-0.25, -0.2) is 4.79 Å². The highest BCUT2D eigenvalue weighted by Crippen LogP contribution is 2.18. The van der Waals surface area contributed by atoms with E-state index in [1.54, 1.807) is 0 Å². The van der Waals surface area contributed by atoms with E-state index in [-0.39, 0.29) is 18.0 Å². The van der Waals surface area contributed by atoms with Crippen molar-refractivity contribution in [3.05, 3.63) is 35.9 Å². The molecular weight excluding hydrogens is 304 g/mol. The summed E-state index contributed by atoms with van der Waals surface area (Å²) in [6, 6.07) is 10.4. The van der Waals surface area contributed by atoms with E-state index in [2.05, 4.69) is 44.7 Å². The minimum absolute atomic E-state index is 0.217. The molecule has 3 rings (SSSR count). The number of hydrogen-bond donors (Lipinski definition) is 2. The number of imide groups is 1. The summed E-state index contributed by atoms with van der Waals surface area (Å²) in [5.74, 6) is -0.217. The van der Waals surface area contributed by atoms with Crippen molar-refractivity contribution in [2.45, 2.75) is 25.3 Å². The summed E-state index contributed by atoms with van der Waals surface area (Å²) in [6.45, 7) is 5.01. The third-order valence-electron chi connectivity index (χ3n) is 4.56. The van der Waals surface area contributed by atoms with Crippen LogP contribution in [0.5, 0.6) is 0 Å². The van der Waals surface area contributed by atoms with Gasteiger partial charge in [-0.2, -0.15) is 0 Å². The third kappa shape index (κ3) is 5.62. The van der Waals surface area contributed by atoms with Crippen LogP contribution in [0.15, 0.2) is 30.3 Å². The maximum absolute atomic E-state index is 11.9. The molecular formula is C18H26N4O2. The Bertz CT molecular complexity index is 551. The monoisotopic (exact) mass is 330 g/mol. The van der Waals surface area contributed by atoms with Gasteiger partial charge in [-0.3, -0.25) is 15.0 Å². The summed E-state index contributed by atoms with van der Waals surface area (Å²) in [7, 11) is 0. The molecule has 1 saturated carbocycles. The number of urea groups is 1. The first-order chi connectivity index (χ1) is 11.7. The lowest BCUT2D eigenvalue weighted by Crippen LogP contribution is -2.51. The minimum atomic E-state index is -0.357. The number of carbonyl (C=O) groups is 2. The molecule has 0 aromatic heterocycles. The summed E-state index contributed by atoms with van der Waals surface area (Å²) in [5.41, 5.74) is 1.36. The first-order valence-corrected chi connectivity index (χ1v) is 8.78. The summed E-state index contributed by atoms with van der Waals surface area (Å²) in [4.78, 5) is 28.0. The van der Waals surface area contributed by atoms with Crippen LogP contribution in [-0.4, -0.2) is 67.0 Å². The Morgan fingerprint density at radius 2 is 1.67 bits per heavy atom. The highest BCUT2D eigenvalue weighted by molar-refractivity contribution is 5.95. The van der Waals surface area contributed by atoms with E-state index in [1.165, 1.54) is 5.56 Å². The predicted octanol–water partition coefficient (Wildman–Crippen LogP) is 0.835. The smallest absolute Gasteiger partial charge is 0.321 e. The van der Waals surface area contributed by atoms with Gasteiger partial charge in [0.25, 0.3) is 0 Å². The molecule has 1 aromatic rings. The molecule has 1 aliphatic carbocycles. The normalized spacial score (nSPS) is 19.0. The molecule has 6 nitrogen and oxygen atoms in total. The Morgan fingerprint density at radius 3 is 2.33 bits per heavy atom. The molecule has 1 heterocycles. The van der Waals surface area contributed by atoms with Crippen LogP contribution in [0.2, 0.25) is 0 Å². The van der Waals surface area contributed by atoms with Gasteiger partial charge in [0.1, 0.15) is 0 Å². The molecule has 0 spiro atoms. The molecule has 0 radical (unpaired) electrons. The molecule has 24 heavy (non-hydrogen) atoms. The van der Waals surface area contributed by atoms with Crippen molar-refractivity contribution in [3.63, 3.8) is 0 Å². The summed E-state index contributed by atoms with van der Waals surface area (Å²) in [6.07, 6.45) is 3.10. The Balaban J connectivity index is 1.31. The van der Waals surface area contributed by atoms with Crippen LogP contribution in [0, 0.1) is 0 Å². The lowest BCUT2D eigenvalue weighted by atomic mass is 10.1. The Morgan fingerprint density at radius 1 is 1.00 bits per heavy atom. The van der Waals surface area contributed by atoms with Crippen LogP contribution >= 0.6 is 0 Å². The van der Waals surface area contributed by atoms with E-state index in [1.807, 2.05) is 6.07 Å². The summed E-state index contributed by atoms with van der Waals surface area (Å²) >= 11 is 0. The number of piperazine rings is 1. The van der Waals surface area contributed by atoms with Gasteiger partial charge in [-0.15, -0.1) is 0 Å². The predicted molar refractivity (Wildman–Crippen MR) is 92.7 cm³/mol. The number of amides is 3. The van der Waals surface area contributed by atoms with Gasteiger partial charge in [0.15, 0.2) is 0 Å². The Labute approximate surface area is 143 Å². The van der Waals surface area contributed by atoms with Gasteiger partial charge in [0, 0.05) is 38.8 Å². The number of rotatable bonds is 6. The third-order valence-corrected chi connectivity index (χ3v) is 4.56. The zero-order valence-corrected chi connectivity index (χ0v) is 14.0. The summed E-state index contributed by atoms with van der Waals surface area (Å²) in [5, 5.41) is 5.18. The first-order valence-electron chi connectivity index (χ1n) is 8.78. The molecule has 2 N–H and O–H groups in total. The molecule has 6 heteroatoms. The van der Waals surface area contributed by atoms with Crippen LogP contribution in [0.3, 0.4) is 0 Å². The topological polar surface area (TPSA) is 64.7 Å². The van der Waals surface area contributed by atoms with E-state index < -0.39 is 0 Å². The average Bonchev–Trinajstić information content (AvgIpc) is 3.39. The number of nitrogens with one attached hydrogen (secondary N) is 2. The zero-order valence-electron chi connectivity index (χ0n) is 14.0. The lowest BCUT2D eigenvalue weighted by molar-refractivity contribution is -0.121. The van der Waals surface area contributed by atoms with Gasteiger partial charge in [0.2, 0.25) is 5.91 Å². The van der Waals surface area contributed by atoms with Gasteiger partial charge in [-0.1, -0.05) is 30.3 Å².